The van der Waals surface area contributed by atoms with Gasteiger partial charge >= 0.3 is 0 Å². The number of carbonyl (C=O) groups is 1. The minimum Gasteiger partial charge on any atom is -0.457 e. The van der Waals surface area contributed by atoms with Crippen LogP contribution in [0.3, 0.4) is 0 Å². The van der Waals surface area contributed by atoms with Crippen LogP contribution in [0, 0.1) is 5.92 Å². The maximum Gasteiger partial charge on any atom is 0.253 e. The molecule has 4 heteroatoms. The Kier molecular flexibility index (Phi) is 6.78. The lowest BCUT2D eigenvalue weighted by Crippen LogP contribution is -2.39. The number of likely N-dealkylation sites (tertiary alicyclic amines) is 1. The standard InChI is InChI=1S/C26H27NO3/c28-26(23-11-13-25(14-12-23)30-24-9-5-2-6-10-24)27-17-15-22(16-18-27)20-29-19-21-7-3-1-4-8-21/h1-14,22H,15-20H2. The van der Waals surface area contributed by atoms with Gasteiger partial charge in [-0.3, -0.25) is 4.79 Å². The van der Waals surface area contributed by atoms with Crippen LogP contribution in [0.4, 0.5) is 0 Å². The molecule has 0 unspecified atom stereocenters. The molecule has 0 spiro atoms. The smallest absolute Gasteiger partial charge is 0.253 e. The third-order valence-corrected chi connectivity index (χ3v) is 5.45. The van der Waals surface area contributed by atoms with Gasteiger partial charge in [0.2, 0.25) is 0 Å². The minimum atomic E-state index is 0.0879. The van der Waals surface area contributed by atoms with Crippen LogP contribution in [0.5, 0.6) is 11.5 Å². The highest BCUT2D eigenvalue weighted by Gasteiger charge is 2.23. The number of carbonyl (C=O) groups excluding carboxylic acids is 1. The van der Waals surface area contributed by atoms with Crippen molar-refractivity contribution in [2.45, 2.75) is 19.4 Å². The molecule has 0 aliphatic carbocycles. The minimum absolute atomic E-state index is 0.0879. The molecule has 4 nitrogen and oxygen atoms in total. The van der Waals surface area contributed by atoms with Crippen molar-refractivity contribution in [2.75, 3.05) is 19.7 Å². The second kappa shape index (κ2) is 10.1. The Morgan fingerprint density at radius 2 is 1.40 bits per heavy atom. The van der Waals surface area contributed by atoms with Gasteiger partial charge in [-0.05, 0) is 60.7 Å². The first-order chi connectivity index (χ1) is 14.8. The fourth-order valence-electron chi connectivity index (χ4n) is 3.69. The summed E-state index contributed by atoms with van der Waals surface area (Å²) in [6.07, 6.45) is 1.96. The summed E-state index contributed by atoms with van der Waals surface area (Å²) in [5.74, 6) is 2.12. The molecular weight excluding hydrogens is 374 g/mol. The lowest BCUT2D eigenvalue weighted by molar-refractivity contribution is 0.0478. The van der Waals surface area contributed by atoms with Crippen molar-refractivity contribution in [1.29, 1.82) is 0 Å². The summed E-state index contributed by atoms with van der Waals surface area (Å²) in [6, 6.07) is 27.3. The van der Waals surface area contributed by atoms with Gasteiger partial charge in [0.25, 0.3) is 5.91 Å². The normalized spacial score (nSPS) is 14.5. The molecule has 0 radical (unpaired) electrons. The summed E-state index contributed by atoms with van der Waals surface area (Å²) in [5.41, 5.74) is 1.90. The van der Waals surface area contributed by atoms with Crippen molar-refractivity contribution >= 4 is 5.91 Å². The molecule has 0 atom stereocenters. The number of benzene rings is 3. The van der Waals surface area contributed by atoms with Crippen LogP contribution in [-0.2, 0) is 11.3 Å². The van der Waals surface area contributed by atoms with Gasteiger partial charge in [-0.15, -0.1) is 0 Å². The summed E-state index contributed by atoms with van der Waals surface area (Å²) in [5, 5.41) is 0. The second-order valence-electron chi connectivity index (χ2n) is 7.68. The van der Waals surface area contributed by atoms with Crippen LogP contribution >= 0.6 is 0 Å². The lowest BCUT2D eigenvalue weighted by Gasteiger charge is -2.32. The van der Waals surface area contributed by atoms with Gasteiger partial charge in [0.15, 0.2) is 0 Å². The van der Waals surface area contributed by atoms with Crippen LogP contribution in [0.15, 0.2) is 84.9 Å². The highest BCUT2D eigenvalue weighted by Crippen LogP contribution is 2.23. The van der Waals surface area contributed by atoms with E-state index in [2.05, 4.69) is 12.1 Å². The zero-order valence-corrected chi connectivity index (χ0v) is 17.1. The SMILES string of the molecule is O=C(c1ccc(Oc2ccccc2)cc1)N1CCC(COCc2ccccc2)CC1. The Hall–Kier alpha value is -3.11. The molecule has 1 aliphatic heterocycles. The van der Waals surface area contributed by atoms with E-state index in [4.69, 9.17) is 9.47 Å². The summed E-state index contributed by atoms with van der Waals surface area (Å²) < 4.78 is 11.7. The molecule has 30 heavy (non-hydrogen) atoms. The van der Waals surface area contributed by atoms with E-state index >= 15 is 0 Å². The fourth-order valence-corrected chi connectivity index (χ4v) is 3.69. The Balaban J connectivity index is 1.23. The molecule has 0 aromatic heterocycles. The molecule has 3 aromatic rings. The van der Waals surface area contributed by atoms with Crippen molar-refractivity contribution < 1.29 is 14.3 Å². The van der Waals surface area contributed by atoms with E-state index in [1.807, 2.05) is 77.7 Å². The Bertz CT molecular complexity index is 918. The van der Waals surface area contributed by atoms with Crippen LogP contribution in [-0.4, -0.2) is 30.5 Å². The molecular formula is C26H27NO3. The van der Waals surface area contributed by atoms with E-state index in [-0.39, 0.29) is 5.91 Å². The number of rotatable bonds is 7. The molecule has 1 fully saturated rings. The largest absolute Gasteiger partial charge is 0.457 e. The molecule has 0 N–H and O–H groups in total. The number of hydrogen-bond donors (Lipinski definition) is 0. The van der Waals surface area contributed by atoms with Crippen molar-refractivity contribution in [3.8, 4) is 11.5 Å². The van der Waals surface area contributed by atoms with Gasteiger partial charge in [-0.1, -0.05) is 48.5 Å². The number of nitrogens with zero attached hydrogens (tertiary/aromatic N) is 1. The zero-order valence-electron chi connectivity index (χ0n) is 17.1. The number of piperidine rings is 1. The Morgan fingerprint density at radius 3 is 2.07 bits per heavy atom. The van der Waals surface area contributed by atoms with Crippen molar-refractivity contribution in [3.63, 3.8) is 0 Å². The Morgan fingerprint density at radius 1 is 0.800 bits per heavy atom. The molecule has 1 aliphatic rings. The molecule has 3 aromatic carbocycles. The lowest BCUT2D eigenvalue weighted by atomic mass is 9.97. The topological polar surface area (TPSA) is 38.8 Å². The van der Waals surface area contributed by atoms with Crippen molar-refractivity contribution in [1.82, 2.24) is 4.90 Å². The summed E-state index contributed by atoms with van der Waals surface area (Å²) in [4.78, 5) is 14.8. The quantitative estimate of drug-likeness (QED) is 0.521. The third kappa shape index (κ3) is 5.49. The van der Waals surface area contributed by atoms with E-state index in [0.717, 1.165) is 44.0 Å². The zero-order chi connectivity index (χ0) is 20.6. The summed E-state index contributed by atoms with van der Waals surface area (Å²) in [7, 11) is 0. The van der Waals surface area contributed by atoms with Gasteiger partial charge in [0.1, 0.15) is 11.5 Å². The van der Waals surface area contributed by atoms with E-state index in [0.29, 0.717) is 18.1 Å². The number of ether oxygens (including phenoxy) is 2. The maximum atomic E-state index is 12.8. The van der Waals surface area contributed by atoms with E-state index in [1.165, 1.54) is 5.56 Å². The first-order valence-electron chi connectivity index (χ1n) is 10.5. The van der Waals surface area contributed by atoms with Gasteiger partial charge < -0.3 is 14.4 Å². The molecule has 1 saturated heterocycles. The average Bonchev–Trinajstić information content (AvgIpc) is 2.81. The molecule has 4 rings (SSSR count). The van der Waals surface area contributed by atoms with Gasteiger partial charge in [-0.2, -0.15) is 0 Å². The highest BCUT2D eigenvalue weighted by atomic mass is 16.5. The number of amides is 1. The van der Waals surface area contributed by atoms with Crippen LogP contribution in [0.1, 0.15) is 28.8 Å². The summed E-state index contributed by atoms with van der Waals surface area (Å²) in [6.45, 7) is 2.96. The van der Waals surface area contributed by atoms with Crippen molar-refractivity contribution in [2.24, 2.45) is 5.92 Å². The predicted octanol–water partition coefficient (Wildman–Crippen LogP) is 5.55. The van der Waals surface area contributed by atoms with Gasteiger partial charge in [0.05, 0.1) is 6.61 Å². The maximum absolute atomic E-state index is 12.8. The Labute approximate surface area is 178 Å². The highest BCUT2D eigenvalue weighted by molar-refractivity contribution is 5.94. The average molecular weight is 402 g/mol. The molecule has 1 amide bonds. The number of para-hydroxylation sites is 1. The predicted molar refractivity (Wildman–Crippen MR) is 118 cm³/mol. The van der Waals surface area contributed by atoms with Gasteiger partial charge in [-0.25, -0.2) is 0 Å². The van der Waals surface area contributed by atoms with Crippen LogP contribution < -0.4 is 4.74 Å². The third-order valence-electron chi connectivity index (χ3n) is 5.45. The van der Waals surface area contributed by atoms with Crippen LogP contribution in [0.25, 0.3) is 0 Å². The van der Waals surface area contributed by atoms with E-state index < -0.39 is 0 Å². The molecule has 1 heterocycles. The van der Waals surface area contributed by atoms with Crippen molar-refractivity contribution in [3.05, 3.63) is 96.1 Å². The van der Waals surface area contributed by atoms with Gasteiger partial charge in [0, 0.05) is 25.3 Å². The van der Waals surface area contributed by atoms with E-state index in [9.17, 15) is 4.79 Å². The first-order valence-corrected chi connectivity index (χ1v) is 10.5. The first kappa shape index (κ1) is 20.2. The fraction of sp³-hybridized carbons (Fsp3) is 0.269. The second-order valence-corrected chi connectivity index (χ2v) is 7.68. The van der Waals surface area contributed by atoms with Crippen LogP contribution in [0.2, 0.25) is 0 Å². The number of hydrogen-bond acceptors (Lipinski definition) is 3. The molecule has 0 bridgehead atoms. The summed E-state index contributed by atoms with van der Waals surface area (Å²) >= 11 is 0. The monoisotopic (exact) mass is 401 g/mol. The molecule has 0 saturated carbocycles. The molecule has 154 valence electrons. The van der Waals surface area contributed by atoms with E-state index in [1.54, 1.807) is 0 Å².